The van der Waals surface area contributed by atoms with Gasteiger partial charge < -0.3 is 10.1 Å². The molecule has 2 heterocycles. The molecule has 3 aromatic rings. The lowest BCUT2D eigenvalue weighted by Crippen LogP contribution is -1.98. The smallest absolute Gasteiger partial charge is 0.294 e. The fraction of sp³-hybridized carbons (Fsp3) is 0.286. The Morgan fingerprint density at radius 1 is 1.12 bits per heavy atom. The summed E-state index contributed by atoms with van der Waals surface area (Å²) < 4.78 is 19.0. The molecule has 1 N–H and O–H groups in total. The summed E-state index contributed by atoms with van der Waals surface area (Å²) >= 11 is 4.47. The monoisotopic (exact) mass is 383 g/mol. The van der Waals surface area contributed by atoms with Crippen molar-refractivity contribution in [1.29, 1.82) is 0 Å². The maximum absolute atomic E-state index is 12.9. The highest BCUT2D eigenvalue weighted by atomic mass is 32.2. The molecule has 126 valence electrons. The predicted molar refractivity (Wildman–Crippen MR) is 94.3 cm³/mol. The summed E-state index contributed by atoms with van der Waals surface area (Å²) in [5.74, 6) is 0.440. The Labute approximate surface area is 150 Å². The van der Waals surface area contributed by atoms with E-state index in [1.54, 1.807) is 23.9 Å². The SMILES string of the molecule is CCOc1nnc(CSc2nnc(NCc3ccc(F)cc3)s2)s1. The van der Waals surface area contributed by atoms with Crippen LogP contribution < -0.4 is 10.1 Å². The minimum absolute atomic E-state index is 0.238. The quantitative estimate of drug-likeness (QED) is 0.593. The number of anilines is 1. The van der Waals surface area contributed by atoms with Crippen LogP contribution in [0.3, 0.4) is 0 Å². The maximum Gasteiger partial charge on any atom is 0.294 e. The molecular weight excluding hydrogens is 369 g/mol. The van der Waals surface area contributed by atoms with Crippen LogP contribution in [0.1, 0.15) is 17.5 Å². The summed E-state index contributed by atoms with van der Waals surface area (Å²) in [4.78, 5) is 0. The zero-order chi connectivity index (χ0) is 16.8. The number of thioether (sulfide) groups is 1. The molecule has 10 heteroatoms. The molecular formula is C14H14FN5OS3. The molecule has 6 nitrogen and oxygen atoms in total. The Morgan fingerprint density at radius 3 is 2.75 bits per heavy atom. The van der Waals surface area contributed by atoms with Crippen molar-refractivity contribution in [2.75, 3.05) is 11.9 Å². The summed E-state index contributed by atoms with van der Waals surface area (Å²) in [6, 6.07) is 6.36. The zero-order valence-corrected chi connectivity index (χ0v) is 15.2. The third kappa shape index (κ3) is 4.86. The fourth-order valence-corrected chi connectivity index (χ4v) is 4.20. The molecule has 0 aliphatic carbocycles. The number of hydrogen-bond donors (Lipinski definition) is 1. The average Bonchev–Trinajstić information content (AvgIpc) is 3.22. The molecule has 0 radical (unpaired) electrons. The second-order valence-corrected chi connectivity index (χ2v) is 7.76. The van der Waals surface area contributed by atoms with E-state index in [2.05, 4.69) is 25.7 Å². The molecule has 0 aliphatic heterocycles. The van der Waals surface area contributed by atoms with Crippen LogP contribution in [0.5, 0.6) is 5.19 Å². The van der Waals surface area contributed by atoms with E-state index in [1.807, 2.05) is 6.92 Å². The van der Waals surface area contributed by atoms with Gasteiger partial charge in [-0.25, -0.2) is 4.39 Å². The molecule has 24 heavy (non-hydrogen) atoms. The van der Waals surface area contributed by atoms with E-state index in [1.165, 1.54) is 34.8 Å². The van der Waals surface area contributed by atoms with Crippen LogP contribution in [-0.2, 0) is 12.3 Å². The van der Waals surface area contributed by atoms with Gasteiger partial charge in [0.1, 0.15) is 10.8 Å². The first kappa shape index (κ1) is 17.1. The van der Waals surface area contributed by atoms with Crippen LogP contribution >= 0.6 is 34.4 Å². The minimum atomic E-state index is -0.238. The van der Waals surface area contributed by atoms with Crippen LogP contribution in [0, 0.1) is 5.82 Å². The van der Waals surface area contributed by atoms with E-state index in [9.17, 15) is 4.39 Å². The average molecular weight is 383 g/mol. The molecule has 0 spiro atoms. The molecule has 0 amide bonds. The first-order valence-electron chi connectivity index (χ1n) is 7.12. The first-order valence-corrected chi connectivity index (χ1v) is 9.74. The Hall–Kier alpha value is -1.78. The summed E-state index contributed by atoms with van der Waals surface area (Å²) in [5, 5.41) is 21.7. The standard InChI is InChI=1S/C14H14FN5OS3/c1-2-21-13-19-17-11(23-13)8-22-14-20-18-12(24-14)16-7-9-3-5-10(15)6-4-9/h3-6H,2,7-8H2,1H3,(H,16,18). The lowest BCUT2D eigenvalue weighted by molar-refractivity contribution is 0.335. The van der Waals surface area contributed by atoms with E-state index in [-0.39, 0.29) is 5.82 Å². The van der Waals surface area contributed by atoms with Crippen molar-refractivity contribution in [3.63, 3.8) is 0 Å². The van der Waals surface area contributed by atoms with Crippen molar-refractivity contribution < 1.29 is 9.13 Å². The number of aromatic nitrogens is 4. The van der Waals surface area contributed by atoms with Crippen molar-refractivity contribution in [3.8, 4) is 5.19 Å². The van der Waals surface area contributed by atoms with Crippen LogP contribution in [0.2, 0.25) is 0 Å². The van der Waals surface area contributed by atoms with Gasteiger partial charge >= 0.3 is 0 Å². The molecule has 2 aromatic heterocycles. The van der Waals surface area contributed by atoms with Gasteiger partial charge in [0.2, 0.25) is 5.13 Å². The number of ether oxygens (including phenoxy) is 1. The van der Waals surface area contributed by atoms with Gasteiger partial charge in [-0.2, -0.15) is 0 Å². The number of benzene rings is 1. The molecule has 3 rings (SSSR count). The number of hydrogen-bond acceptors (Lipinski definition) is 9. The number of rotatable bonds is 8. The lowest BCUT2D eigenvalue weighted by atomic mass is 10.2. The van der Waals surface area contributed by atoms with Gasteiger partial charge in [-0.3, -0.25) is 0 Å². The van der Waals surface area contributed by atoms with E-state index in [0.29, 0.717) is 24.1 Å². The van der Waals surface area contributed by atoms with Gasteiger partial charge in [0.05, 0.1) is 12.4 Å². The van der Waals surface area contributed by atoms with Gasteiger partial charge in [-0.1, -0.05) is 46.6 Å². The minimum Gasteiger partial charge on any atom is -0.469 e. The summed E-state index contributed by atoms with van der Waals surface area (Å²) in [5.41, 5.74) is 0.984. The van der Waals surface area contributed by atoms with Gasteiger partial charge in [-0.05, 0) is 24.6 Å². The Balaban J connectivity index is 1.48. The lowest BCUT2D eigenvalue weighted by Gasteiger charge is -2.01. The Morgan fingerprint density at radius 2 is 1.96 bits per heavy atom. The van der Waals surface area contributed by atoms with Crippen LogP contribution in [0.15, 0.2) is 28.6 Å². The largest absolute Gasteiger partial charge is 0.469 e. The van der Waals surface area contributed by atoms with Crippen LogP contribution in [0.25, 0.3) is 0 Å². The number of nitrogens with one attached hydrogen (secondary N) is 1. The van der Waals surface area contributed by atoms with Gasteiger partial charge in [0, 0.05) is 6.54 Å². The van der Waals surface area contributed by atoms with Crippen LogP contribution in [0.4, 0.5) is 9.52 Å². The maximum atomic E-state index is 12.9. The molecule has 0 fully saturated rings. The number of halogens is 1. The third-order valence-corrected chi connectivity index (χ3v) is 5.84. The predicted octanol–water partition coefficient (Wildman–Crippen LogP) is 3.83. The van der Waals surface area contributed by atoms with E-state index >= 15 is 0 Å². The van der Waals surface area contributed by atoms with E-state index in [4.69, 9.17) is 4.74 Å². The molecule has 0 saturated carbocycles. The second-order valence-electron chi connectivity index (χ2n) is 4.54. The Kier molecular flexibility index (Phi) is 5.94. The molecule has 0 aliphatic rings. The fourth-order valence-electron chi connectivity index (χ4n) is 1.72. The molecule has 0 unspecified atom stereocenters. The normalized spacial score (nSPS) is 10.8. The molecule has 0 bridgehead atoms. The van der Waals surface area contributed by atoms with Crippen molar-refractivity contribution >= 4 is 39.6 Å². The zero-order valence-electron chi connectivity index (χ0n) is 12.7. The second kappa shape index (κ2) is 8.36. The van der Waals surface area contributed by atoms with Crippen molar-refractivity contribution in [2.45, 2.75) is 23.6 Å². The summed E-state index contributed by atoms with van der Waals surface area (Å²) in [6.07, 6.45) is 0. The summed E-state index contributed by atoms with van der Waals surface area (Å²) in [7, 11) is 0. The third-order valence-electron chi connectivity index (χ3n) is 2.80. The summed E-state index contributed by atoms with van der Waals surface area (Å²) in [6.45, 7) is 3.08. The molecule has 0 atom stereocenters. The van der Waals surface area contributed by atoms with E-state index < -0.39 is 0 Å². The highest BCUT2D eigenvalue weighted by molar-refractivity contribution is 8.00. The first-order chi connectivity index (χ1) is 11.7. The van der Waals surface area contributed by atoms with Gasteiger partial charge in [0.25, 0.3) is 5.19 Å². The van der Waals surface area contributed by atoms with E-state index in [0.717, 1.165) is 20.0 Å². The highest BCUT2D eigenvalue weighted by Crippen LogP contribution is 2.30. The van der Waals surface area contributed by atoms with Crippen molar-refractivity contribution in [3.05, 3.63) is 40.7 Å². The number of nitrogens with zero attached hydrogens (tertiary/aromatic N) is 4. The van der Waals surface area contributed by atoms with Gasteiger partial charge in [0.15, 0.2) is 4.34 Å². The Bertz CT molecular complexity index is 777. The van der Waals surface area contributed by atoms with Crippen molar-refractivity contribution in [2.24, 2.45) is 0 Å². The topological polar surface area (TPSA) is 72.8 Å². The molecule has 1 aromatic carbocycles. The molecule has 0 saturated heterocycles. The highest BCUT2D eigenvalue weighted by Gasteiger charge is 2.09. The van der Waals surface area contributed by atoms with Crippen molar-refractivity contribution in [1.82, 2.24) is 20.4 Å². The van der Waals surface area contributed by atoms with Crippen LogP contribution in [-0.4, -0.2) is 27.0 Å². The van der Waals surface area contributed by atoms with Gasteiger partial charge in [-0.15, -0.1) is 20.4 Å².